The molecule has 1 unspecified atom stereocenters. The number of hydrogen-bond acceptors (Lipinski definition) is 5. The maximum Gasteiger partial charge on any atom is 0.357 e. The van der Waals surface area contributed by atoms with Gasteiger partial charge in [0.15, 0.2) is 0 Å². The second kappa shape index (κ2) is 3.18. The topological polar surface area (TPSA) is 78.6 Å². The van der Waals surface area contributed by atoms with Crippen LogP contribution < -0.4 is 5.73 Å². The molecule has 72 valence electrons. The Morgan fingerprint density at radius 3 is 2.69 bits per heavy atom. The second-order valence-electron chi connectivity index (χ2n) is 2.62. The van der Waals surface area contributed by atoms with Gasteiger partial charge in [0.05, 0.1) is 12.2 Å². The van der Waals surface area contributed by atoms with Crippen LogP contribution in [-0.4, -0.2) is 30.7 Å². The Labute approximate surface area is 75.5 Å². The largest absolute Gasteiger partial charge is 0.463 e. The fourth-order valence-corrected chi connectivity index (χ4v) is 1.06. The third-order valence-electron chi connectivity index (χ3n) is 1.89. The van der Waals surface area contributed by atoms with Crippen LogP contribution in [0.25, 0.3) is 0 Å². The van der Waals surface area contributed by atoms with Gasteiger partial charge in [-0.2, -0.15) is 0 Å². The summed E-state index contributed by atoms with van der Waals surface area (Å²) in [5, 5.41) is 0. The van der Waals surface area contributed by atoms with Crippen molar-refractivity contribution in [3.05, 3.63) is 12.2 Å². The molecule has 1 aliphatic heterocycles. The Kier molecular flexibility index (Phi) is 2.38. The Hall–Kier alpha value is -1.36. The summed E-state index contributed by atoms with van der Waals surface area (Å²) in [4.78, 5) is 22.0. The third-order valence-corrected chi connectivity index (χ3v) is 1.89. The number of hydrogen-bond donors (Lipinski definition) is 1. The third kappa shape index (κ3) is 1.21. The smallest absolute Gasteiger partial charge is 0.357 e. The highest BCUT2D eigenvalue weighted by molar-refractivity contribution is 6.08. The zero-order chi connectivity index (χ0) is 10.1. The van der Waals surface area contributed by atoms with Gasteiger partial charge in [-0.15, -0.1) is 0 Å². The van der Waals surface area contributed by atoms with Crippen molar-refractivity contribution in [3.8, 4) is 0 Å². The molecular formula is C8H11NO4. The first kappa shape index (κ1) is 9.73. The normalized spacial score (nSPS) is 26.3. The predicted octanol–water partition coefficient (Wildman–Crippen LogP) is -0.640. The molecular weight excluding hydrogens is 174 g/mol. The maximum atomic E-state index is 11.3. The molecule has 0 aromatic rings. The summed E-state index contributed by atoms with van der Waals surface area (Å²) in [5.41, 5.74) is 3.95. The van der Waals surface area contributed by atoms with Crippen LogP contribution in [0.15, 0.2) is 12.2 Å². The molecule has 5 heteroatoms. The van der Waals surface area contributed by atoms with Gasteiger partial charge in [-0.3, -0.25) is 0 Å². The van der Waals surface area contributed by atoms with E-state index in [1.165, 1.54) is 0 Å². The minimum atomic E-state index is -1.42. The molecule has 1 aliphatic rings. The highest BCUT2D eigenvalue weighted by Gasteiger charge is 2.57. The van der Waals surface area contributed by atoms with Crippen molar-refractivity contribution < 1.29 is 19.1 Å². The van der Waals surface area contributed by atoms with Gasteiger partial charge in [-0.1, -0.05) is 6.58 Å². The summed E-state index contributed by atoms with van der Waals surface area (Å²) in [5.74, 6) is -1.25. The number of carbonyl (C=O) groups is 2. The molecule has 1 rings (SSSR count). The van der Waals surface area contributed by atoms with E-state index in [4.69, 9.17) is 10.5 Å². The van der Waals surface area contributed by atoms with Crippen LogP contribution >= 0.6 is 0 Å². The molecule has 0 radical (unpaired) electrons. The zero-order valence-electron chi connectivity index (χ0n) is 7.33. The zero-order valence-corrected chi connectivity index (χ0v) is 7.33. The molecule has 0 amide bonds. The van der Waals surface area contributed by atoms with E-state index >= 15 is 0 Å². The van der Waals surface area contributed by atoms with Crippen molar-refractivity contribution in [2.75, 3.05) is 13.2 Å². The fourth-order valence-electron chi connectivity index (χ4n) is 1.06. The van der Waals surface area contributed by atoms with Crippen molar-refractivity contribution >= 4 is 11.9 Å². The number of esters is 2. The summed E-state index contributed by atoms with van der Waals surface area (Å²) in [6, 6.07) is 0. The van der Waals surface area contributed by atoms with E-state index in [2.05, 4.69) is 11.3 Å². The average Bonchev–Trinajstić information content (AvgIpc) is 2.13. The van der Waals surface area contributed by atoms with E-state index in [-0.39, 0.29) is 18.7 Å². The van der Waals surface area contributed by atoms with Gasteiger partial charge < -0.3 is 15.2 Å². The lowest BCUT2D eigenvalue weighted by Crippen LogP contribution is -2.61. The van der Waals surface area contributed by atoms with Crippen LogP contribution in [0.2, 0.25) is 0 Å². The van der Waals surface area contributed by atoms with Crippen molar-refractivity contribution in [2.45, 2.75) is 12.5 Å². The first-order valence-electron chi connectivity index (χ1n) is 3.88. The van der Waals surface area contributed by atoms with Gasteiger partial charge in [-0.25, -0.2) is 9.59 Å². The number of nitrogens with two attached hydrogens (primary N) is 1. The fraction of sp³-hybridized carbons (Fsp3) is 0.500. The number of carbonyl (C=O) groups excluding carboxylic acids is 2. The van der Waals surface area contributed by atoms with E-state index in [1.54, 1.807) is 6.92 Å². The second-order valence-corrected chi connectivity index (χ2v) is 2.62. The molecule has 0 saturated carbocycles. The van der Waals surface area contributed by atoms with E-state index in [9.17, 15) is 9.59 Å². The molecule has 0 spiro atoms. The van der Waals surface area contributed by atoms with Crippen molar-refractivity contribution in [2.24, 2.45) is 5.73 Å². The summed E-state index contributed by atoms with van der Waals surface area (Å²) in [6.45, 7) is 5.16. The number of cyclic esters (lactones) is 1. The van der Waals surface area contributed by atoms with Crippen LogP contribution in [-0.2, 0) is 19.1 Å². The summed E-state index contributed by atoms with van der Waals surface area (Å²) in [7, 11) is 0. The molecule has 1 fully saturated rings. The van der Waals surface area contributed by atoms with Gasteiger partial charge in [0, 0.05) is 6.54 Å². The summed E-state index contributed by atoms with van der Waals surface area (Å²) in [6.07, 6.45) is 0. The van der Waals surface area contributed by atoms with Gasteiger partial charge in [-0.05, 0) is 6.92 Å². The number of ether oxygens (including phenoxy) is 2. The molecule has 0 bridgehead atoms. The molecule has 2 N–H and O–H groups in total. The lowest BCUT2D eigenvalue weighted by Gasteiger charge is -2.38. The average molecular weight is 185 g/mol. The predicted molar refractivity (Wildman–Crippen MR) is 43.7 cm³/mol. The Bertz CT molecular complexity index is 273. The van der Waals surface area contributed by atoms with Crippen LogP contribution in [0.4, 0.5) is 0 Å². The number of rotatable bonds is 3. The molecule has 0 aromatic carbocycles. The van der Waals surface area contributed by atoms with Crippen molar-refractivity contribution in [1.82, 2.24) is 0 Å². The summed E-state index contributed by atoms with van der Waals surface area (Å²) < 4.78 is 9.37. The monoisotopic (exact) mass is 185 g/mol. The van der Waals surface area contributed by atoms with E-state index in [0.717, 1.165) is 0 Å². The Morgan fingerprint density at radius 2 is 2.38 bits per heavy atom. The van der Waals surface area contributed by atoms with Gasteiger partial charge in [0.25, 0.3) is 5.60 Å². The van der Waals surface area contributed by atoms with Crippen LogP contribution in [0, 0.1) is 0 Å². The molecule has 1 atom stereocenters. The Balaban J connectivity index is 2.79. The van der Waals surface area contributed by atoms with E-state index in [0.29, 0.717) is 0 Å². The van der Waals surface area contributed by atoms with Gasteiger partial charge in [0.1, 0.15) is 0 Å². The minimum absolute atomic E-state index is 0.0634. The van der Waals surface area contributed by atoms with E-state index < -0.39 is 17.5 Å². The van der Waals surface area contributed by atoms with Crippen LogP contribution in [0.1, 0.15) is 6.92 Å². The molecule has 0 aliphatic carbocycles. The SMILES string of the molecule is C=C1C(=O)OC1(CN)C(=O)OCC. The lowest BCUT2D eigenvalue weighted by atomic mass is 9.89. The quantitative estimate of drug-likeness (QED) is 0.467. The highest BCUT2D eigenvalue weighted by atomic mass is 16.6. The molecule has 5 nitrogen and oxygen atoms in total. The molecule has 1 heterocycles. The molecule has 1 saturated heterocycles. The van der Waals surface area contributed by atoms with Crippen molar-refractivity contribution in [1.29, 1.82) is 0 Å². The minimum Gasteiger partial charge on any atom is -0.463 e. The first-order chi connectivity index (χ1) is 6.08. The lowest BCUT2D eigenvalue weighted by molar-refractivity contribution is -0.189. The Morgan fingerprint density at radius 1 is 1.77 bits per heavy atom. The van der Waals surface area contributed by atoms with E-state index in [1.807, 2.05) is 0 Å². The van der Waals surface area contributed by atoms with Crippen LogP contribution in [0.3, 0.4) is 0 Å². The summed E-state index contributed by atoms with van der Waals surface area (Å²) >= 11 is 0. The van der Waals surface area contributed by atoms with Gasteiger partial charge >= 0.3 is 11.9 Å². The van der Waals surface area contributed by atoms with Crippen molar-refractivity contribution in [3.63, 3.8) is 0 Å². The molecule has 13 heavy (non-hydrogen) atoms. The first-order valence-corrected chi connectivity index (χ1v) is 3.88. The maximum absolute atomic E-state index is 11.3. The van der Waals surface area contributed by atoms with Gasteiger partial charge in [0.2, 0.25) is 0 Å². The molecule has 0 aromatic heterocycles. The highest BCUT2D eigenvalue weighted by Crippen LogP contribution is 2.32. The standard InChI is InChI=1S/C8H11NO4/c1-3-12-7(11)8(4-9)5(2)6(10)13-8/h2-4,9H2,1H3. The van der Waals surface area contributed by atoms with Crippen LogP contribution in [0.5, 0.6) is 0 Å².